The van der Waals surface area contributed by atoms with Crippen molar-refractivity contribution >= 4 is 24.4 Å². The molecule has 0 aromatic heterocycles. The Morgan fingerprint density at radius 1 is 0.750 bits per heavy atom. The van der Waals surface area contributed by atoms with Gasteiger partial charge in [0.25, 0.3) is 0 Å². The van der Waals surface area contributed by atoms with Crippen LogP contribution < -0.4 is 0 Å². The number of carboxylic acid groups (broad SMARTS) is 2. The van der Waals surface area contributed by atoms with Gasteiger partial charge in [-0.1, -0.05) is 0 Å². The highest BCUT2D eigenvalue weighted by Gasteiger charge is 2.07. The van der Waals surface area contributed by atoms with E-state index in [4.69, 9.17) is 10.2 Å². The van der Waals surface area contributed by atoms with Gasteiger partial charge in [-0.3, -0.25) is 0 Å². The van der Waals surface area contributed by atoms with Crippen molar-refractivity contribution in [3.05, 3.63) is 58.7 Å². The number of rotatable bonds is 5. The number of aromatic hydroxyl groups is 2. The molecule has 2 aromatic carbocycles. The van der Waals surface area contributed by atoms with Crippen molar-refractivity contribution in [2.75, 3.05) is 0 Å². The Bertz CT molecular complexity index is 786. The third kappa shape index (κ3) is 3.95. The number of hydrogen-bond donors (Lipinski definition) is 4. The molecule has 4 N–H and O–H groups in total. The first-order valence-electron chi connectivity index (χ1n) is 6.57. The maximum Gasteiger partial charge on any atom is 0.335 e. The van der Waals surface area contributed by atoms with Crippen LogP contribution in [-0.4, -0.2) is 44.8 Å². The van der Waals surface area contributed by atoms with Crippen molar-refractivity contribution in [3.8, 4) is 11.5 Å². The fraction of sp³-hybridized carbons (Fsp3) is 0. The van der Waals surface area contributed by atoms with Gasteiger partial charge in [0.15, 0.2) is 0 Å². The third-order valence-corrected chi connectivity index (χ3v) is 3.02. The van der Waals surface area contributed by atoms with Crippen LogP contribution in [0.2, 0.25) is 0 Å². The monoisotopic (exact) mass is 328 g/mol. The van der Waals surface area contributed by atoms with E-state index >= 15 is 0 Å². The highest BCUT2D eigenvalue weighted by Crippen LogP contribution is 2.18. The minimum atomic E-state index is -1.16. The summed E-state index contributed by atoms with van der Waals surface area (Å²) >= 11 is 0. The number of nitrogens with zero attached hydrogens (tertiary/aromatic N) is 2. The smallest absolute Gasteiger partial charge is 0.335 e. The summed E-state index contributed by atoms with van der Waals surface area (Å²) in [6, 6.07) is 7.54. The van der Waals surface area contributed by atoms with Crippen LogP contribution in [-0.2, 0) is 0 Å². The Morgan fingerprint density at radius 3 is 1.42 bits per heavy atom. The maximum absolute atomic E-state index is 10.8. The van der Waals surface area contributed by atoms with Gasteiger partial charge in [-0.25, -0.2) is 9.59 Å². The quantitative estimate of drug-likeness (QED) is 0.488. The van der Waals surface area contributed by atoms with Gasteiger partial charge in [0, 0.05) is 11.1 Å². The molecule has 8 nitrogen and oxygen atoms in total. The van der Waals surface area contributed by atoms with Gasteiger partial charge in [-0.2, -0.15) is 10.2 Å². The van der Waals surface area contributed by atoms with Crippen molar-refractivity contribution in [1.29, 1.82) is 0 Å². The molecule has 0 bridgehead atoms. The molecule has 0 atom stereocenters. The molecule has 0 aliphatic carbocycles. The standard InChI is InChI=1S/C16H12N2O6/c19-13-5-9(15(21)22)1-3-11(13)7-17-18-8-12-4-2-10(16(23)24)6-14(12)20/h1-8,19-20H,(H,21,22)(H,23,24)/b17-7+,18-8+. The number of aromatic carboxylic acids is 2. The zero-order valence-electron chi connectivity index (χ0n) is 12.1. The average molecular weight is 328 g/mol. The van der Waals surface area contributed by atoms with E-state index in [0.717, 1.165) is 12.1 Å². The zero-order chi connectivity index (χ0) is 17.7. The molecule has 2 aromatic rings. The fourth-order valence-corrected chi connectivity index (χ4v) is 1.76. The van der Waals surface area contributed by atoms with E-state index in [2.05, 4.69) is 10.2 Å². The number of phenolic OH excluding ortho intramolecular Hbond substituents is 2. The van der Waals surface area contributed by atoms with Crippen LogP contribution in [0.5, 0.6) is 11.5 Å². The number of hydrogen-bond acceptors (Lipinski definition) is 6. The second kappa shape index (κ2) is 7.05. The van der Waals surface area contributed by atoms with Crippen molar-refractivity contribution in [2.24, 2.45) is 10.2 Å². The van der Waals surface area contributed by atoms with Crippen molar-refractivity contribution in [3.63, 3.8) is 0 Å². The van der Waals surface area contributed by atoms with Crippen molar-refractivity contribution < 1.29 is 30.0 Å². The number of benzene rings is 2. The predicted molar refractivity (Wildman–Crippen MR) is 85.3 cm³/mol. The lowest BCUT2D eigenvalue weighted by Crippen LogP contribution is -1.96. The van der Waals surface area contributed by atoms with Crippen LogP contribution >= 0.6 is 0 Å². The van der Waals surface area contributed by atoms with Gasteiger partial charge < -0.3 is 20.4 Å². The first-order valence-corrected chi connectivity index (χ1v) is 6.57. The Morgan fingerprint density at radius 2 is 1.12 bits per heavy atom. The third-order valence-electron chi connectivity index (χ3n) is 3.02. The maximum atomic E-state index is 10.8. The summed E-state index contributed by atoms with van der Waals surface area (Å²) in [5.74, 6) is -2.84. The molecule has 122 valence electrons. The Labute approximate surface area is 135 Å². The van der Waals surface area contributed by atoms with Crippen LogP contribution in [0.15, 0.2) is 46.6 Å². The largest absolute Gasteiger partial charge is 0.507 e. The summed E-state index contributed by atoms with van der Waals surface area (Å²) in [7, 11) is 0. The molecule has 0 amide bonds. The van der Waals surface area contributed by atoms with Gasteiger partial charge in [0.2, 0.25) is 0 Å². The summed E-state index contributed by atoms with van der Waals surface area (Å²) < 4.78 is 0. The summed E-state index contributed by atoms with van der Waals surface area (Å²) in [5.41, 5.74) is 0.415. The van der Waals surface area contributed by atoms with E-state index in [1.807, 2.05) is 0 Å². The zero-order valence-corrected chi connectivity index (χ0v) is 12.1. The minimum Gasteiger partial charge on any atom is -0.507 e. The first kappa shape index (κ1) is 16.7. The lowest BCUT2D eigenvalue weighted by Gasteiger charge is -2.00. The van der Waals surface area contributed by atoms with Crippen LogP contribution in [0.3, 0.4) is 0 Å². The molecule has 0 spiro atoms. The van der Waals surface area contributed by atoms with Crippen LogP contribution in [0.4, 0.5) is 0 Å². The molecule has 0 fully saturated rings. The van der Waals surface area contributed by atoms with E-state index in [-0.39, 0.29) is 33.8 Å². The number of carbonyl (C=O) groups is 2. The molecule has 0 radical (unpaired) electrons. The molecule has 2 rings (SSSR count). The summed E-state index contributed by atoms with van der Waals surface area (Å²) in [6.45, 7) is 0. The summed E-state index contributed by atoms with van der Waals surface area (Å²) in [4.78, 5) is 21.5. The first-order chi connectivity index (χ1) is 11.4. The SMILES string of the molecule is O=C(O)c1ccc(/C=N/N=C/c2ccc(C(=O)O)cc2O)c(O)c1. The van der Waals surface area contributed by atoms with Crippen LogP contribution in [0, 0.1) is 0 Å². The van der Waals surface area contributed by atoms with Gasteiger partial charge >= 0.3 is 11.9 Å². The van der Waals surface area contributed by atoms with Crippen molar-refractivity contribution in [2.45, 2.75) is 0 Å². The number of carboxylic acids is 2. The van der Waals surface area contributed by atoms with Crippen LogP contribution in [0.25, 0.3) is 0 Å². The van der Waals surface area contributed by atoms with E-state index in [0.29, 0.717) is 0 Å². The van der Waals surface area contributed by atoms with Gasteiger partial charge in [0.1, 0.15) is 11.5 Å². The molecule has 0 saturated carbocycles. The Balaban J connectivity index is 2.13. The van der Waals surface area contributed by atoms with Gasteiger partial charge in [-0.05, 0) is 36.4 Å². The van der Waals surface area contributed by atoms with E-state index in [1.165, 1.54) is 36.7 Å². The van der Waals surface area contributed by atoms with Gasteiger partial charge in [0.05, 0.1) is 23.6 Å². The van der Waals surface area contributed by atoms with E-state index < -0.39 is 11.9 Å². The Hall–Kier alpha value is -3.68. The normalized spacial score (nSPS) is 11.2. The summed E-state index contributed by atoms with van der Waals surface area (Å²) in [5, 5.41) is 44.3. The molecule has 0 aliphatic heterocycles. The fourth-order valence-electron chi connectivity index (χ4n) is 1.76. The van der Waals surface area contributed by atoms with Crippen molar-refractivity contribution in [1.82, 2.24) is 0 Å². The second-order valence-corrected chi connectivity index (χ2v) is 4.65. The molecular weight excluding hydrogens is 316 g/mol. The minimum absolute atomic E-state index is 0.0587. The molecule has 24 heavy (non-hydrogen) atoms. The van der Waals surface area contributed by atoms with Gasteiger partial charge in [-0.15, -0.1) is 0 Å². The molecule has 0 heterocycles. The lowest BCUT2D eigenvalue weighted by molar-refractivity contribution is 0.0685. The highest BCUT2D eigenvalue weighted by atomic mass is 16.4. The molecule has 0 unspecified atom stereocenters. The lowest BCUT2D eigenvalue weighted by atomic mass is 10.1. The van der Waals surface area contributed by atoms with E-state index in [1.54, 1.807) is 0 Å². The highest BCUT2D eigenvalue weighted by molar-refractivity contribution is 5.92. The molecular formula is C16H12N2O6. The second-order valence-electron chi connectivity index (χ2n) is 4.65. The number of phenols is 2. The topological polar surface area (TPSA) is 140 Å². The average Bonchev–Trinajstić information content (AvgIpc) is 2.53. The predicted octanol–water partition coefficient (Wildman–Crippen LogP) is 1.95. The Kier molecular flexibility index (Phi) is 4.90. The molecule has 0 aliphatic rings. The molecule has 0 saturated heterocycles. The van der Waals surface area contributed by atoms with Crippen LogP contribution in [0.1, 0.15) is 31.8 Å². The summed E-state index contributed by atoms with van der Waals surface area (Å²) in [6.07, 6.45) is 2.42. The molecule has 8 heteroatoms. The van der Waals surface area contributed by atoms with E-state index in [9.17, 15) is 19.8 Å².